The van der Waals surface area contributed by atoms with Crippen molar-refractivity contribution in [2.45, 2.75) is 40.2 Å². The summed E-state index contributed by atoms with van der Waals surface area (Å²) in [6, 6.07) is 7.80. The minimum atomic E-state index is -0.268. The Labute approximate surface area is 174 Å². The van der Waals surface area contributed by atoms with Crippen molar-refractivity contribution in [2.75, 3.05) is 12.3 Å². The second-order valence-electron chi connectivity index (χ2n) is 8.98. The van der Waals surface area contributed by atoms with Crippen molar-refractivity contribution in [3.05, 3.63) is 36.3 Å². The maximum atomic E-state index is 12.4. The van der Waals surface area contributed by atoms with Crippen molar-refractivity contribution in [2.24, 2.45) is 5.92 Å². The van der Waals surface area contributed by atoms with Crippen molar-refractivity contribution in [1.82, 2.24) is 30.0 Å². The van der Waals surface area contributed by atoms with Crippen LogP contribution in [0.4, 0.5) is 5.82 Å². The Morgan fingerprint density at radius 1 is 1.23 bits per heavy atom. The van der Waals surface area contributed by atoms with Crippen LogP contribution in [-0.4, -0.2) is 37.2 Å². The summed E-state index contributed by atoms with van der Waals surface area (Å²) in [6.07, 6.45) is 1.46. The van der Waals surface area contributed by atoms with Crippen LogP contribution in [0.25, 0.3) is 33.2 Å². The Hall–Kier alpha value is -3.42. The van der Waals surface area contributed by atoms with Crippen LogP contribution in [0.1, 0.15) is 45.1 Å². The molecule has 3 aromatic heterocycles. The summed E-state index contributed by atoms with van der Waals surface area (Å²) in [7, 11) is 0. The number of nitrogen functional groups attached to an aromatic ring is 1. The molecule has 4 N–H and O–H groups in total. The topological polar surface area (TPSA) is 115 Å². The number of H-pyrrole nitrogens is 1. The molecule has 3 heterocycles. The Morgan fingerprint density at radius 2 is 2.00 bits per heavy atom. The molecule has 0 aliphatic rings. The molecule has 1 amide bonds. The molecule has 0 fully saturated rings. The van der Waals surface area contributed by atoms with Crippen LogP contribution in [0.3, 0.4) is 0 Å². The van der Waals surface area contributed by atoms with Gasteiger partial charge in [-0.1, -0.05) is 26.0 Å². The average molecular weight is 406 g/mol. The second kappa shape index (κ2) is 7.12. The number of aromatic amines is 1. The molecule has 1 aromatic carbocycles. The lowest BCUT2D eigenvalue weighted by atomic mass is 10.1. The molecule has 4 rings (SSSR count). The fourth-order valence-electron chi connectivity index (χ4n) is 3.43. The molecule has 156 valence electrons. The highest BCUT2D eigenvalue weighted by Gasteiger charge is 2.24. The van der Waals surface area contributed by atoms with Gasteiger partial charge in [0.05, 0.1) is 10.9 Å². The quantitative estimate of drug-likeness (QED) is 0.479. The minimum Gasteiger partial charge on any atom is -0.383 e. The molecular weight excluding hydrogens is 378 g/mol. The summed E-state index contributed by atoms with van der Waals surface area (Å²) in [4.78, 5) is 24.2. The maximum absolute atomic E-state index is 12.4. The SMILES string of the molecule is CC(C)CNC(=O)c1cc2ccc(-c3nn(C(C)(C)C)c4ncnc(N)c34)cc2[nH]1. The molecule has 0 aliphatic heterocycles. The number of amides is 1. The highest BCUT2D eigenvalue weighted by Crippen LogP contribution is 2.34. The largest absolute Gasteiger partial charge is 0.383 e. The Morgan fingerprint density at radius 3 is 2.70 bits per heavy atom. The third-order valence-corrected chi connectivity index (χ3v) is 4.94. The fourth-order valence-corrected chi connectivity index (χ4v) is 3.43. The van der Waals surface area contributed by atoms with Crippen LogP contribution in [0.5, 0.6) is 0 Å². The molecule has 4 aromatic rings. The lowest BCUT2D eigenvalue weighted by Crippen LogP contribution is -2.27. The van der Waals surface area contributed by atoms with Crippen molar-refractivity contribution in [1.29, 1.82) is 0 Å². The number of nitrogens with zero attached hydrogens (tertiary/aromatic N) is 4. The highest BCUT2D eigenvalue weighted by molar-refractivity contribution is 6.02. The van der Waals surface area contributed by atoms with E-state index in [4.69, 9.17) is 10.8 Å². The Balaban J connectivity index is 1.81. The normalized spacial score (nSPS) is 12.2. The Bertz CT molecular complexity index is 1240. The van der Waals surface area contributed by atoms with Gasteiger partial charge in [0.1, 0.15) is 23.5 Å². The van der Waals surface area contributed by atoms with Crippen molar-refractivity contribution >= 4 is 33.7 Å². The molecule has 0 unspecified atom stereocenters. The molecule has 0 atom stereocenters. The van der Waals surface area contributed by atoms with Crippen LogP contribution >= 0.6 is 0 Å². The van der Waals surface area contributed by atoms with E-state index in [1.807, 2.05) is 28.9 Å². The standard InChI is InChI=1S/C22H27N7O/c1-12(2)10-24-21(30)16-8-13-6-7-14(9-15(13)27-16)18-17-19(23)25-11-26-20(17)29(28-18)22(3,4)5/h6-9,11-12,27H,10H2,1-5H3,(H,24,30)(H2,23,25,26). The lowest BCUT2D eigenvalue weighted by molar-refractivity contribution is 0.0945. The first-order valence-electron chi connectivity index (χ1n) is 10.1. The van der Waals surface area contributed by atoms with Crippen LogP contribution in [0.2, 0.25) is 0 Å². The van der Waals surface area contributed by atoms with E-state index in [-0.39, 0.29) is 11.4 Å². The van der Waals surface area contributed by atoms with Crippen LogP contribution in [0, 0.1) is 5.92 Å². The van der Waals surface area contributed by atoms with Gasteiger partial charge >= 0.3 is 0 Å². The van der Waals surface area contributed by atoms with Crippen LogP contribution in [0.15, 0.2) is 30.6 Å². The van der Waals surface area contributed by atoms with E-state index < -0.39 is 0 Å². The van der Waals surface area contributed by atoms with Crippen molar-refractivity contribution in [3.8, 4) is 11.3 Å². The van der Waals surface area contributed by atoms with Gasteiger partial charge < -0.3 is 16.0 Å². The third-order valence-electron chi connectivity index (χ3n) is 4.94. The number of benzene rings is 1. The maximum Gasteiger partial charge on any atom is 0.267 e. The van der Waals surface area contributed by atoms with E-state index in [0.717, 1.165) is 27.5 Å². The molecule has 0 saturated carbocycles. The van der Waals surface area contributed by atoms with Gasteiger partial charge in [0.25, 0.3) is 5.91 Å². The first kappa shape index (κ1) is 19.9. The monoisotopic (exact) mass is 405 g/mol. The predicted molar refractivity (Wildman–Crippen MR) is 119 cm³/mol. The third kappa shape index (κ3) is 3.49. The number of aromatic nitrogens is 5. The first-order chi connectivity index (χ1) is 14.1. The number of rotatable bonds is 4. The molecular formula is C22H27N7O. The van der Waals surface area contributed by atoms with E-state index >= 15 is 0 Å². The van der Waals surface area contributed by atoms with Crippen molar-refractivity contribution < 1.29 is 4.79 Å². The van der Waals surface area contributed by atoms with Crippen molar-refractivity contribution in [3.63, 3.8) is 0 Å². The highest BCUT2D eigenvalue weighted by atomic mass is 16.1. The van der Waals surface area contributed by atoms with Crippen LogP contribution in [-0.2, 0) is 5.54 Å². The van der Waals surface area contributed by atoms with Crippen LogP contribution < -0.4 is 11.1 Å². The number of nitrogens with one attached hydrogen (secondary N) is 2. The molecule has 30 heavy (non-hydrogen) atoms. The zero-order valence-corrected chi connectivity index (χ0v) is 17.9. The Kier molecular flexibility index (Phi) is 4.72. The van der Waals surface area contributed by atoms with E-state index in [1.165, 1.54) is 6.33 Å². The summed E-state index contributed by atoms with van der Waals surface area (Å²) in [5.41, 5.74) is 9.63. The number of hydrogen-bond donors (Lipinski definition) is 3. The van der Waals surface area contributed by atoms with Gasteiger partial charge in [-0.25, -0.2) is 14.6 Å². The van der Waals surface area contributed by atoms with Gasteiger partial charge in [0.15, 0.2) is 5.65 Å². The first-order valence-corrected chi connectivity index (χ1v) is 10.1. The lowest BCUT2D eigenvalue weighted by Gasteiger charge is -2.19. The van der Waals surface area contributed by atoms with E-state index in [9.17, 15) is 4.79 Å². The zero-order chi connectivity index (χ0) is 21.6. The van der Waals surface area contributed by atoms with E-state index in [1.54, 1.807) is 0 Å². The van der Waals surface area contributed by atoms with Gasteiger partial charge in [-0.3, -0.25) is 4.79 Å². The molecule has 0 aliphatic carbocycles. The molecule has 0 radical (unpaired) electrons. The van der Waals surface area contributed by atoms with E-state index in [0.29, 0.717) is 29.6 Å². The molecule has 8 heteroatoms. The molecule has 0 saturated heterocycles. The number of hydrogen-bond acceptors (Lipinski definition) is 5. The van der Waals surface area contributed by atoms with Gasteiger partial charge in [0, 0.05) is 23.0 Å². The number of anilines is 1. The zero-order valence-electron chi connectivity index (χ0n) is 17.9. The smallest absolute Gasteiger partial charge is 0.267 e. The summed E-state index contributed by atoms with van der Waals surface area (Å²) < 4.78 is 1.87. The van der Waals surface area contributed by atoms with Gasteiger partial charge in [-0.15, -0.1) is 0 Å². The number of nitrogens with two attached hydrogens (primary N) is 1. The van der Waals surface area contributed by atoms with Gasteiger partial charge in [-0.2, -0.15) is 5.10 Å². The molecule has 0 bridgehead atoms. The van der Waals surface area contributed by atoms with E-state index in [2.05, 4.69) is 54.9 Å². The second-order valence-corrected chi connectivity index (χ2v) is 8.98. The number of carbonyl (C=O) groups excluding carboxylic acids is 1. The average Bonchev–Trinajstić information content (AvgIpc) is 3.27. The summed E-state index contributed by atoms with van der Waals surface area (Å²) in [5, 5.41) is 9.45. The fraction of sp³-hybridized carbons (Fsp3) is 0.364. The number of fused-ring (bicyclic) bond motifs is 2. The summed E-state index contributed by atoms with van der Waals surface area (Å²) >= 11 is 0. The number of carbonyl (C=O) groups is 1. The predicted octanol–water partition coefficient (Wildman–Crippen LogP) is 3.70. The summed E-state index contributed by atoms with van der Waals surface area (Å²) in [6.45, 7) is 11.0. The molecule has 8 nitrogen and oxygen atoms in total. The summed E-state index contributed by atoms with van der Waals surface area (Å²) in [5.74, 6) is 0.677. The van der Waals surface area contributed by atoms with Gasteiger partial charge in [0.2, 0.25) is 0 Å². The minimum absolute atomic E-state index is 0.110. The molecule has 0 spiro atoms. The van der Waals surface area contributed by atoms with Gasteiger partial charge in [-0.05, 0) is 38.8 Å².